The molecule has 0 saturated carbocycles. The molecule has 0 fully saturated rings. The minimum absolute atomic E-state index is 0.0235. The highest BCUT2D eigenvalue weighted by Crippen LogP contribution is 2.34. The largest absolute Gasteiger partial charge is 0.496 e. The molecule has 0 saturated heterocycles. The fourth-order valence-electron chi connectivity index (χ4n) is 1.64. The maximum absolute atomic E-state index is 13.4. The van der Waals surface area contributed by atoms with Crippen LogP contribution in [-0.2, 0) is 6.18 Å². The van der Waals surface area contributed by atoms with Crippen LogP contribution < -0.4 is 4.74 Å². The lowest BCUT2D eigenvalue weighted by molar-refractivity contribution is -0.141. The fourth-order valence-corrected chi connectivity index (χ4v) is 1.64. The van der Waals surface area contributed by atoms with Crippen molar-refractivity contribution >= 4 is 10.9 Å². The van der Waals surface area contributed by atoms with Crippen molar-refractivity contribution in [2.24, 2.45) is 0 Å². The minimum atomic E-state index is -4.59. The first-order chi connectivity index (χ1) is 8.32. The van der Waals surface area contributed by atoms with E-state index >= 15 is 0 Å². The zero-order chi connectivity index (χ0) is 13.5. The second kappa shape index (κ2) is 4.12. The van der Waals surface area contributed by atoms with E-state index in [-0.39, 0.29) is 11.3 Å². The number of halogens is 4. The van der Waals surface area contributed by atoms with Crippen LogP contribution in [0.3, 0.4) is 0 Å². The molecule has 0 spiro atoms. The maximum atomic E-state index is 13.4. The van der Waals surface area contributed by atoms with E-state index in [1.54, 1.807) is 0 Å². The summed E-state index contributed by atoms with van der Waals surface area (Å²) in [5.41, 5.74) is -0.859. The van der Waals surface area contributed by atoms with Gasteiger partial charge in [0, 0.05) is 17.5 Å². The molecule has 0 unspecified atom stereocenters. The standard InChI is InChI=1S/C12H9F4NO/c1-6-3-7-9(4-8(6)13)17-11(12(14,15)16)5-10(7)18-2/h3-5H,1-2H3. The molecule has 0 aliphatic rings. The van der Waals surface area contributed by atoms with Gasteiger partial charge in [0.05, 0.1) is 12.6 Å². The molecule has 2 aromatic rings. The number of methoxy groups -OCH3 is 1. The van der Waals surface area contributed by atoms with Crippen LogP contribution in [0.15, 0.2) is 18.2 Å². The SMILES string of the molecule is COc1cc(C(F)(F)F)nc2cc(F)c(C)cc12. The Morgan fingerprint density at radius 1 is 1.17 bits per heavy atom. The number of nitrogens with zero attached hydrogens (tertiary/aromatic N) is 1. The Labute approximate surface area is 100 Å². The van der Waals surface area contributed by atoms with Gasteiger partial charge in [0.25, 0.3) is 0 Å². The molecule has 0 N–H and O–H groups in total. The molecule has 1 aromatic heterocycles. The number of fused-ring (bicyclic) bond motifs is 1. The Morgan fingerprint density at radius 2 is 1.83 bits per heavy atom. The monoisotopic (exact) mass is 259 g/mol. The van der Waals surface area contributed by atoms with Gasteiger partial charge in [0.15, 0.2) is 0 Å². The average Bonchev–Trinajstić information content (AvgIpc) is 2.28. The highest BCUT2D eigenvalue weighted by atomic mass is 19.4. The molecule has 0 aliphatic carbocycles. The third kappa shape index (κ3) is 2.10. The Kier molecular flexibility index (Phi) is 2.88. The van der Waals surface area contributed by atoms with Gasteiger partial charge >= 0.3 is 6.18 Å². The van der Waals surface area contributed by atoms with Crippen LogP contribution in [0.4, 0.5) is 17.6 Å². The molecule has 0 atom stereocenters. The summed E-state index contributed by atoms with van der Waals surface area (Å²) in [5, 5.41) is 0.351. The van der Waals surface area contributed by atoms with E-state index in [0.29, 0.717) is 10.9 Å². The lowest BCUT2D eigenvalue weighted by Gasteiger charge is -2.11. The first-order valence-electron chi connectivity index (χ1n) is 5.05. The molecule has 18 heavy (non-hydrogen) atoms. The number of rotatable bonds is 1. The molecule has 1 aromatic carbocycles. The topological polar surface area (TPSA) is 22.1 Å². The van der Waals surface area contributed by atoms with Gasteiger partial charge < -0.3 is 4.74 Å². The number of aromatic nitrogens is 1. The molecule has 2 rings (SSSR count). The van der Waals surface area contributed by atoms with E-state index in [2.05, 4.69) is 4.98 Å². The zero-order valence-corrected chi connectivity index (χ0v) is 9.60. The van der Waals surface area contributed by atoms with Gasteiger partial charge in [-0.05, 0) is 18.6 Å². The van der Waals surface area contributed by atoms with Crippen molar-refractivity contribution in [1.82, 2.24) is 4.98 Å². The van der Waals surface area contributed by atoms with E-state index in [9.17, 15) is 17.6 Å². The number of hydrogen-bond acceptors (Lipinski definition) is 2. The summed E-state index contributed by atoms with van der Waals surface area (Å²) >= 11 is 0. The van der Waals surface area contributed by atoms with E-state index < -0.39 is 17.7 Å². The number of ether oxygens (including phenoxy) is 1. The highest BCUT2D eigenvalue weighted by Gasteiger charge is 2.33. The third-order valence-corrected chi connectivity index (χ3v) is 2.56. The number of alkyl halides is 3. The molecule has 2 nitrogen and oxygen atoms in total. The van der Waals surface area contributed by atoms with Crippen molar-refractivity contribution < 1.29 is 22.3 Å². The minimum Gasteiger partial charge on any atom is -0.496 e. The van der Waals surface area contributed by atoms with E-state index in [1.807, 2.05) is 0 Å². The van der Waals surface area contributed by atoms with Crippen molar-refractivity contribution in [3.63, 3.8) is 0 Å². The smallest absolute Gasteiger partial charge is 0.433 e. The summed E-state index contributed by atoms with van der Waals surface area (Å²) < 4.78 is 56.0. The van der Waals surface area contributed by atoms with Crippen LogP contribution in [0.25, 0.3) is 10.9 Å². The summed E-state index contributed by atoms with van der Waals surface area (Å²) in [6.07, 6.45) is -4.59. The van der Waals surface area contributed by atoms with Gasteiger partial charge in [-0.15, -0.1) is 0 Å². The van der Waals surface area contributed by atoms with Crippen LogP contribution in [0.5, 0.6) is 5.75 Å². The lowest BCUT2D eigenvalue weighted by Crippen LogP contribution is -2.08. The Hall–Kier alpha value is -1.85. The summed E-state index contributed by atoms with van der Waals surface area (Å²) in [6.45, 7) is 1.52. The third-order valence-electron chi connectivity index (χ3n) is 2.56. The number of pyridine rings is 1. The van der Waals surface area contributed by atoms with E-state index in [0.717, 1.165) is 12.1 Å². The second-order valence-electron chi connectivity index (χ2n) is 3.83. The highest BCUT2D eigenvalue weighted by molar-refractivity contribution is 5.86. The second-order valence-corrected chi connectivity index (χ2v) is 3.83. The summed E-state index contributed by atoms with van der Waals surface area (Å²) in [4.78, 5) is 3.41. The predicted octanol–water partition coefficient (Wildman–Crippen LogP) is 3.71. The Balaban J connectivity index is 2.80. The molecule has 0 aliphatic heterocycles. The normalized spacial score (nSPS) is 11.9. The van der Waals surface area contributed by atoms with E-state index in [1.165, 1.54) is 20.1 Å². The molecule has 0 amide bonds. The van der Waals surface area contributed by atoms with Crippen LogP contribution in [-0.4, -0.2) is 12.1 Å². The molecular formula is C12H9F4NO. The van der Waals surface area contributed by atoms with Crippen molar-refractivity contribution in [2.45, 2.75) is 13.1 Å². The summed E-state index contributed by atoms with van der Waals surface area (Å²) in [6, 6.07) is 3.19. The maximum Gasteiger partial charge on any atom is 0.433 e. The van der Waals surface area contributed by atoms with Crippen molar-refractivity contribution in [2.75, 3.05) is 7.11 Å². The summed E-state index contributed by atoms with van der Waals surface area (Å²) in [7, 11) is 1.26. The zero-order valence-electron chi connectivity index (χ0n) is 9.60. The van der Waals surface area contributed by atoms with Gasteiger partial charge in [-0.2, -0.15) is 13.2 Å². The Bertz CT molecular complexity index is 607. The first-order valence-corrected chi connectivity index (χ1v) is 5.05. The molecule has 6 heteroatoms. The molecule has 0 bridgehead atoms. The molecule has 1 heterocycles. The molecular weight excluding hydrogens is 250 g/mol. The summed E-state index contributed by atoms with van der Waals surface area (Å²) in [5.74, 6) is -0.577. The van der Waals surface area contributed by atoms with Crippen molar-refractivity contribution in [3.05, 3.63) is 35.3 Å². The van der Waals surface area contributed by atoms with Crippen molar-refractivity contribution in [1.29, 1.82) is 0 Å². The van der Waals surface area contributed by atoms with Crippen LogP contribution >= 0.6 is 0 Å². The number of hydrogen-bond donors (Lipinski definition) is 0. The van der Waals surface area contributed by atoms with Gasteiger partial charge in [-0.3, -0.25) is 0 Å². The number of benzene rings is 1. The van der Waals surface area contributed by atoms with Gasteiger partial charge in [-0.1, -0.05) is 0 Å². The van der Waals surface area contributed by atoms with Crippen LogP contribution in [0, 0.1) is 12.7 Å². The Morgan fingerprint density at radius 3 is 2.39 bits per heavy atom. The first kappa shape index (κ1) is 12.6. The lowest BCUT2D eigenvalue weighted by atomic mass is 10.1. The molecule has 0 radical (unpaired) electrons. The predicted molar refractivity (Wildman–Crippen MR) is 58.0 cm³/mol. The van der Waals surface area contributed by atoms with E-state index in [4.69, 9.17) is 4.74 Å². The van der Waals surface area contributed by atoms with Gasteiger partial charge in [-0.25, -0.2) is 9.37 Å². The average molecular weight is 259 g/mol. The van der Waals surface area contributed by atoms with Crippen LogP contribution in [0.1, 0.15) is 11.3 Å². The molecule has 96 valence electrons. The quantitative estimate of drug-likeness (QED) is 0.728. The van der Waals surface area contributed by atoms with Gasteiger partial charge in [0.1, 0.15) is 17.3 Å². The van der Waals surface area contributed by atoms with Crippen LogP contribution in [0.2, 0.25) is 0 Å². The fraction of sp³-hybridized carbons (Fsp3) is 0.250. The number of aryl methyl sites for hydroxylation is 1. The van der Waals surface area contributed by atoms with Gasteiger partial charge in [0.2, 0.25) is 0 Å². The van der Waals surface area contributed by atoms with Crippen molar-refractivity contribution in [3.8, 4) is 5.75 Å².